The van der Waals surface area contributed by atoms with Crippen LogP contribution in [0.5, 0.6) is 11.5 Å². The molecule has 0 saturated heterocycles. The molecule has 0 aliphatic carbocycles. The SMILES string of the molecule is CC.COc1ccc(C(=O)c2coc3c(Cl)cc(O)c(Cl)c23)cc1. The van der Waals surface area contributed by atoms with Crippen LogP contribution in [-0.4, -0.2) is 18.0 Å². The number of aromatic hydroxyl groups is 1. The molecule has 3 rings (SSSR count). The van der Waals surface area contributed by atoms with Gasteiger partial charge in [0.1, 0.15) is 17.8 Å². The number of ketones is 1. The number of methoxy groups -OCH3 is 1. The second-order valence-electron chi connectivity index (χ2n) is 4.60. The first-order chi connectivity index (χ1) is 11.5. The molecule has 0 fully saturated rings. The molecule has 0 radical (unpaired) electrons. The monoisotopic (exact) mass is 366 g/mol. The molecule has 1 heterocycles. The molecule has 1 N–H and O–H groups in total. The highest BCUT2D eigenvalue weighted by molar-refractivity contribution is 6.42. The van der Waals surface area contributed by atoms with Crippen molar-refractivity contribution in [3.8, 4) is 11.5 Å². The number of ether oxygens (including phenoxy) is 1. The number of hydrogen-bond donors (Lipinski definition) is 1. The van der Waals surface area contributed by atoms with E-state index in [0.717, 1.165) is 0 Å². The Morgan fingerprint density at radius 2 is 1.79 bits per heavy atom. The van der Waals surface area contributed by atoms with Crippen molar-refractivity contribution < 1.29 is 19.1 Å². The zero-order valence-electron chi connectivity index (χ0n) is 13.4. The van der Waals surface area contributed by atoms with Gasteiger partial charge < -0.3 is 14.3 Å². The van der Waals surface area contributed by atoms with E-state index in [-0.39, 0.29) is 32.7 Å². The Morgan fingerprint density at radius 3 is 2.38 bits per heavy atom. The van der Waals surface area contributed by atoms with E-state index in [1.165, 1.54) is 12.3 Å². The first-order valence-electron chi connectivity index (χ1n) is 7.30. The number of fused-ring (bicyclic) bond motifs is 1. The van der Waals surface area contributed by atoms with Crippen LogP contribution in [0, 0.1) is 0 Å². The number of carbonyl (C=O) groups excluding carboxylic acids is 1. The van der Waals surface area contributed by atoms with Gasteiger partial charge in [-0.25, -0.2) is 0 Å². The van der Waals surface area contributed by atoms with Gasteiger partial charge >= 0.3 is 0 Å². The van der Waals surface area contributed by atoms with Crippen LogP contribution in [0.4, 0.5) is 0 Å². The van der Waals surface area contributed by atoms with Gasteiger partial charge in [-0.15, -0.1) is 0 Å². The Labute approximate surface area is 149 Å². The molecule has 0 amide bonds. The first-order valence-corrected chi connectivity index (χ1v) is 8.05. The highest BCUT2D eigenvalue weighted by Gasteiger charge is 2.22. The van der Waals surface area contributed by atoms with Gasteiger partial charge in [0.15, 0.2) is 11.4 Å². The molecule has 24 heavy (non-hydrogen) atoms. The Morgan fingerprint density at radius 1 is 1.17 bits per heavy atom. The van der Waals surface area contributed by atoms with E-state index in [1.807, 2.05) is 13.8 Å². The molecular formula is C18H16Cl2O4. The molecule has 2 aromatic carbocycles. The lowest BCUT2D eigenvalue weighted by Gasteiger charge is -2.04. The summed E-state index contributed by atoms with van der Waals surface area (Å²) in [5, 5.41) is 10.3. The maximum Gasteiger partial charge on any atom is 0.196 e. The Kier molecular flexibility index (Phi) is 5.75. The van der Waals surface area contributed by atoms with Crippen molar-refractivity contribution in [1.29, 1.82) is 0 Å². The van der Waals surface area contributed by atoms with Crippen LogP contribution < -0.4 is 4.74 Å². The summed E-state index contributed by atoms with van der Waals surface area (Å²) in [5.41, 5.74) is 0.948. The van der Waals surface area contributed by atoms with Gasteiger partial charge in [-0.2, -0.15) is 0 Å². The van der Waals surface area contributed by atoms with Crippen LogP contribution in [-0.2, 0) is 0 Å². The van der Waals surface area contributed by atoms with Crippen molar-refractivity contribution in [3.63, 3.8) is 0 Å². The van der Waals surface area contributed by atoms with E-state index >= 15 is 0 Å². The predicted octanol–water partition coefficient (Wildman–Crippen LogP) is 5.71. The third kappa shape index (κ3) is 3.21. The van der Waals surface area contributed by atoms with E-state index in [9.17, 15) is 9.90 Å². The normalized spacial score (nSPS) is 10.2. The van der Waals surface area contributed by atoms with Crippen molar-refractivity contribution in [2.45, 2.75) is 13.8 Å². The third-order valence-corrected chi connectivity index (χ3v) is 3.98. The molecular weight excluding hydrogens is 351 g/mol. The van der Waals surface area contributed by atoms with E-state index < -0.39 is 0 Å². The molecule has 6 heteroatoms. The van der Waals surface area contributed by atoms with Crippen molar-refractivity contribution in [2.24, 2.45) is 0 Å². The number of phenols is 1. The van der Waals surface area contributed by atoms with Crippen molar-refractivity contribution in [1.82, 2.24) is 0 Å². The standard InChI is InChI=1S/C16H10Cl2O4.C2H6/c1-21-9-4-2-8(3-5-9)15(20)10-7-22-16-11(17)6-12(19)14(18)13(10)16;1-2/h2-7,19H,1H3;1-2H3. The van der Waals surface area contributed by atoms with Crippen LogP contribution in [0.3, 0.4) is 0 Å². The fraction of sp³-hybridized carbons (Fsp3) is 0.167. The largest absolute Gasteiger partial charge is 0.506 e. The van der Waals surface area contributed by atoms with Crippen LogP contribution in [0.2, 0.25) is 10.0 Å². The molecule has 4 nitrogen and oxygen atoms in total. The number of furan rings is 1. The lowest BCUT2D eigenvalue weighted by atomic mass is 10.0. The van der Waals surface area contributed by atoms with E-state index in [4.69, 9.17) is 32.4 Å². The van der Waals surface area contributed by atoms with Crippen molar-refractivity contribution in [3.05, 3.63) is 57.8 Å². The molecule has 1 aromatic heterocycles. The number of carbonyl (C=O) groups is 1. The van der Waals surface area contributed by atoms with E-state index in [2.05, 4.69) is 0 Å². The van der Waals surface area contributed by atoms with Gasteiger partial charge in [-0.3, -0.25) is 4.79 Å². The molecule has 3 aromatic rings. The van der Waals surface area contributed by atoms with Gasteiger partial charge in [0, 0.05) is 11.6 Å². The van der Waals surface area contributed by atoms with Gasteiger partial charge in [-0.1, -0.05) is 37.0 Å². The lowest BCUT2D eigenvalue weighted by molar-refractivity contribution is 0.103. The number of phenolic OH excluding ortho intramolecular Hbond substituents is 1. The Balaban J connectivity index is 0.00000100. The van der Waals surface area contributed by atoms with Crippen LogP contribution >= 0.6 is 23.2 Å². The summed E-state index contributed by atoms with van der Waals surface area (Å²) in [7, 11) is 1.55. The lowest BCUT2D eigenvalue weighted by Crippen LogP contribution is -2.00. The molecule has 0 atom stereocenters. The van der Waals surface area contributed by atoms with Crippen molar-refractivity contribution >= 4 is 40.0 Å². The Hall–Kier alpha value is -2.17. The number of rotatable bonds is 3. The number of halogens is 2. The first kappa shape index (κ1) is 18.2. The average Bonchev–Trinajstić information content (AvgIpc) is 3.07. The van der Waals surface area contributed by atoms with Gasteiger partial charge in [0.2, 0.25) is 0 Å². The minimum Gasteiger partial charge on any atom is -0.506 e. The minimum absolute atomic E-state index is 0.0324. The molecule has 0 aliphatic heterocycles. The highest BCUT2D eigenvalue weighted by atomic mass is 35.5. The fourth-order valence-electron chi connectivity index (χ4n) is 2.19. The molecule has 0 unspecified atom stereocenters. The predicted molar refractivity (Wildman–Crippen MR) is 95.7 cm³/mol. The zero-order valence-corrected chi connectivity index (χ0v) is 14.9. The van der Waals surface area contributed by atoms with Gasteiger partial charge in [0.25, 0.3) is 0 Å². The van der Waals surface area contributed by atoms with Gasteiger partial charge in [0.05, 0.1) is 28.1 Å². The summed E-state index contributed by atoms with van der Waals surface area (Å²) in [6, 6.07) is 7.91. The summed E-state index contributed by atoms with van der Waals surface area (Å²) >= 11 is 12.1. The van der Waals surface area contributed by atoms with E-state index in [0.29, 0.717) is 16.7 Å². The third-order valence-electron chi connectivity index (χ3n) is 3.31. The molecule has 0 aliphatic rings. The molecule has 0 bridgehead atoms. The summed E-state index contributed by atoms with van der Waals surface area (Å²) in [6.07, 6.45) is 1.29. The minimum atomic E-state index is -0.287. The zero-order chi connectivity index (χ0) is 17.9. The Bertz CT molecular complexity index is 867. The number of benzene rings is 2. The summed E-state index contributed by atoms with van der Waals surface area (Å²) in [5.74, 6) is 0.154. The smallest absolute Gasteiger partial charge is 0.196 e. The highest BCUT2D eigenvalue weighted by Crippen LogP contribution is 2.40. The number of hydrogen-bond acceptors (Lipinski definition) is 4. The molecule has 0 saturated carbocycles. The van der Waals surface area contributed by atoms with Gasteiger partial charge in [-0.05, 0) is 24.3 Å². The fourth-order valence-corrected chi connectivity index (χ4v) is 2.68. The maximum absolute atomic E-state index is 12.6. The van der Waals surface area contributed by atoms with Crippen LogP contribution in [0.15, 0.2) is 41.0 Å². The second-order valence-corrected chi connectivity index (χ2v) is 5.39. The molecule has 126 valence electrons. The second kappa shape index (κ2) is 7.60. The van der Waals surface area contributed by atoms with E-state index in [1.54, 1.807) is 31.4 Å². The average molecular weight is 367 g/mol. The summed E-state index contributed by atoms with van der Waals surface area (Å²) in [4.78, 5) is 12.6. The summed E-state index contributed by atoms with van der Waals surface area (Å²) < 4.78 is 10.4. The maximum atomic E-state index is 12.6. The topological polar surface area (TPSA) is 59.7 Å². The van der Waals surface area contributed by atoms with Crippen molar-refractivity contribution in [2.75, 3.05) is 7.11 Å². The summed E-state index contributed by atoms with van der Waals surface area (Å²) in [6.45, 7) is 4.00. The quantitative estimate of drug-likeness (QED) is 0.602. The van der Waals surface area contributed by atoms with Crippen LogP contribution in [0.25, 0.3) is 11.0 Å². The molecule has 0 spiro atoms. The van der Waals surface area contributed by atoms with Crippen LogP contribution in [0.1, 0.15) is 29.8 Å².